The molecule has 1 rings (SSSR count). The summed E-state index contributed by atoms with van der Waals surface area (Å²) in [7, 11) is 0. The van der Waals surface area contributed by atoms with E-state index in [0.717, 1.165) is 6.92 Å². The highest BCUT2D eigenvalue weighted by molar-refractivity contribution is 9.10. The molecule has 8 heteroatoms. The van der Waals surface area contributed by atoms with Crippen LogP contribution in [0.5, 0.6) is 0 Å². The van der Waals surface area contributed by atoms with E-state index in [4.69, 9.17) is 5.73 Å². The van der Waals surface area contributed by atoms with Crippen LogP contribution in [-0.2, 0) is 9.53 Å². The smallest absolute Gasteiger partial charge is 0.399 e. The number of nitrogens with two attached hydrogens (primary N) is 1. The maximum atomic E-state index is 12.2. The van der Waals surface area contributed by atoms with E-state index in [1.54, 1.807) is 12.1 Å². The summed E-state index contributed by atoms with van der Waals surface area (Å²) in [5.41, 5.74) is 6.41. The summed E-state index contributed by atoms with van der Waals surface area (Å²) in [6.45, 7) is 0.157. The van der Waals surface area contributed by atoms with Crippen LogP contribution in [0.2, 0.25) is 0 Å². The topological polar surface area (TPSA) is 64.3 Å². The minimum Gasteiger partial charge on any atom is -0.399 e. The monoisotopic (exact) mass is 340 g/mol. The molecule has 3 N–H and O–H groups in total. The maximum Gasteiger partial charge on any atom is 0.414 e. The highest BCUT2D eigenvalue weighted by Crippen LogP contribution is 2.25. The van der Waals surface area contributed by atoms with Gasteiger partial charge in [0, 0.05) is 10.2 Å². The lowest BCUT2D eigenvalue weighted by Gasteiger charge is -2.16. The van der Waals surface area contributed by atoms with Crippen molar-refractivity contribution >= 4 is 33.2 Å². The Morgan fingerprint density at radius 3 is 2.68 bits per heavy atom. The second-order valence-corrected chi connectivity index (χ2v) is 4.64. The van der Waals surface area contributed by atoms with Crippen molar-refractivity contribution in [3.63, 3.8) is 0 Å². The zero-order valence-electron chi connectivity index (χ0n) is 9.92. The Bertz CT molecular complexity index is 466. The van der Waals surface area contributed by atoms with Crippen molar-refractivity contribution in [3.05, 3.63) is 22.7 Å². The Balaban J connectivity index is 2.52. The van der Waals surface area contributed by atoms with Gasteiger partial charge in [-0.1, -0.05) is 0 Å². The maximum absolute atomic E-state index is 12.2. The number of anilines is 2. The Morgan fingerprint density at radius 2 is 2.16 bits per heavy atom. The van der Waals surface area contributed by atoms with Gasteiger partial charge in [-0.2, -0.15) is 13.2 Å². The normalized spacial score (nSPS) is 13.1. The van der Waals surface area contributed by atoms with Gasteiger partial charge in [-0.3, -0.25) is 4.79 Å². The van der Waals surface area contributed by atoms with Crippen LogP contribution in [0.3, 0.4) is 0 Å². The first-order valence-corrected chi connectivity index (χ1v) is 6.02. The zero-order valence-corrected chi connectivity index (χ0v) is 11.5. The predicted octanol–water partition coefficient (Wildman–Crippen LogP) is 2.94. The van der Waals surface area contributed by atoms with Gasteiger partial charge in [-0.25, -0.2) is 0 Å². The first kappa shape index (κ1) is 15.8. The van der Waals surface area contributed by atoms with Gasteiger partial charge in [0.05, 0.1) is 5.69 Å². The number of nitrogens with one attached hydrogen (secondary N) is 1. The number of rotatable bonds is 4. The Kier molecular flexibility index (Phi) is 5.19. The molecule has 0 aliphatic rings. The van der Waals surface area contributed by atoms with E-state index in [1.165, 1.54) is 6.07 Å². The molecule has 1 aromatic carbocycles. The van der Waals surface area contributed by atoms with Gasteiger partial charge in [-0.15, -0.1) is 0 Å². The van der Waals surface area contributed by atoms with Gasteiger partial charge in [0.15, 0.2) is 6.10 Å². The summed E-state index contributed by atoms with van der Waals surface area (Å²) in [5, 5.41) is 2.41. The number of hydrogen-bond acceptors (Lipinski definition) is 3. The van der Waals surface area contributed by atoms with E-state index < -0.39 is 24.8 Å². The van der Waals surface area contributed by atoms with E-state index in [1.807, 2.05) is 0 Å². The summed E-state index contributed by atoms with van der Waals surface area (Å²) in [5.74, 6) is -0.679. The highest BCUT2D eigenvalue weighted by atomic mass is 79.9. The number of halogens is 4. The van der Waals surface area contributed by atoms with Crippen molar-refractivity contribution in [1.29, 1.82) is 0 Å². The van der Waals surface area contributed by atoms with E-state index in [2.05, 4.69) is 26.0 Å². The second-order valence-electron chi connectivity index (χ2n) is 3.78. The molecule has 0 radical (unpaired) electrons. The van der Waals surface area contributed by atoms with Crippen molar-refractivity contribution in [2.45, 2.75) is 19.2 Å². The lowest BCUT2D eigenvalue weighted by atomic mass is 10.3. The molecule has 106 valence electrons. The number of nitrogen functional groups attached to an aromatic ring is 1. The van der Waals surface area contributed by atoms with E-state index in [9.17, 15) is 18.0 Å². The van der Waals surface area contributed by atoms with Crippen LogP contribution in [0.4, 0.5) is 24.5 Å². The second kappa shape index (κ2) is 6.25. The molecule has 4 nitrogen and oxygen atoms in total. The summed E-state index contributed by atoms with van der Waals surface area (Å²) < 4.78 is 41.4. The molecule has 0 saturated heterocycles. The largest absolute Gasteiger partial charge is 0.414 e. The fourth-order valence-corrected chi connectivity index (χ4v) is 1.61. The molecule has 0 aromatic heterocycles. The van der Waals surface area contributed by atoms with E-state index in [-0.39, 0.29) is 0 Å². The Hall–Kier alpha value is -1.28. The van der Waals surface area contributed by atoms with Crippen molar-refractivity contribution in [2.75, 3.05) is 17.7 Å². The quantitative estimate of drug-likeness (QED) is 0.828. The molecule has 0 fully saturated rings. The van der Waals surface area contributed by atoms with Gasteiger partial charge in [0.25, 0.3) is 0 Å². The molecule has 0 saturated carbocycles. The molecule has 0 aliphatic carbocycles. The van der Waals surface area contributed by atoms with Crippen molar-refractivity contribution in [2.24, 2.45) is 0 Å². The number of carbonyl (C=O) groups is 1. The molecule has 1 unspecified atom stereocenters. The molecule has 1 atom stereocenters. The minimum atomic E-state index is -4.48. The Morgan fingerprint density at radius 1 is 1.53 bits per heavy atom. The first-order chi connectivity index (χ1) is 8.70. The van der Waals surface area contributed by atoms with Crippen molar-refractivity contribution in [1.82, 2.24) is 0 Å². The number of alkyl halides is 3. The van der Waals surface area contributed by atoms with Gasteiger partial charge >= 0.3 is 6.18 Å². The standard InChI is InChI=1S/C11H12BrF3N2O2/c1-6(11(13,14)15)19-5-10(18)17-9-3-2-7(16)4-8(9)12/h2-4,6H,5,16H2,1H3,(H,17,18). The molecule has 19 heavy (non-hydrogen) atoms. The number of hydrogen-bond donors (Lipinski definition) is 2. The number of ether oxygens (including phenoxy) is 1. The van der Waals surface area contributed by atoms with E-state index in [0.29, 0.717) is 15.8 Å². The first-order valence-electron chi connectivity index (χ1n) is 5.23. The summed E-state index contributed by atoms with van der Waals surface area (Å²) in [6, 6.07) is 4.65. The third-order valence-corrected chi connectivity index (χ3v) is 2.85. The van der Waals surface area contributed by atoms with Gasteiger partial charge in [-0.05, 0) is 41.1 Å². The summed E-state index contributed by atoms with van der Waals surface area (Å²) >= 11 is 3.17. The fraction of sp³-hybridized carbons (Fsp3) is 0.364. The van der Waals surface area contributed by atoms with Gasteiger partial charge in [0.2, 0.25) is 5.91 Å². The molecule has 0 spiro atoms. The van der Waals surface area contributed by atoms with Crippen LogP contribution in [-0.4, -0.2) is 24.8 Å². The number of amides is 1. The third kappa shape index (κ3) is 5.07. The van der Waals surface area contributed by atoms with Crippen LogP contribution >= 0.6 is 15.9 Å². The SMILES string of the molecule is CC(OCC(=O)Nc1ccc(N)cc1Br)C(F)(F)F. The van der Waals surface area contributed by atoms with Crippen molar-refractivity contribution in [3.8, 4) is 0 Å². The molecular formula is C11H12BrF3N2O2. The summed E-state index contributed by atoms with van der Waals surface area (Å²) in [6.07, 6.45) is -6.48. The minimum absolute atomic E-state index is 0.405. The molecule has 0 bridgehead atoms. The van der Waals surface area contributed by atoms with Crippen LogP contribution < -0.4 is 11.1 Å². The Labute approximate surface area is 116 Å². The molecular weight excluding hydrogens is 329 g/mol. The zero-order chi connectivity index (χ0) is 14.6. The van der Waals surface area contributed by atoms with Gasteiger partial charge in [0.1, 0.15) is 6.61 Å². The third-order valence-electron chi connectivity index (χ3n) is 2.19. The van der Waals surface area contributed by atoms with Crippen LogP contribution in [0, 0.1) is 0 Å². The predicted molar refractivity (Wildman–Crippen MR) is 68.7 cm³/mol. The molecule has 0 aliphatic heterocycles. The lowest BCUT2D eigenvalue weighted by Crippen LogP contribution is -2.32. The fourth-order valence-electron chi connectivity index (χ4n) is 1.11. The van der Waals surface area contributed by atoms with Gasteiger partial charge < -0.3 is 15.8 Å². The average molecular weight is 341 g/mol. The highest BCUT2D eigenvalue weighted by Gasteiger charge is 2.37. The molecule has 1 amide bonds. The van der Waals surface area contributed by atoms with Crippen LogP contribution in [0.1, 0.15) is 6.92 Å². The van der Waals surface area contributed by atoms with Crippen LogP contribution in [0.25, 0.3) is 0 Å². The molecule has 0 heterocycles. The molecule has 1 aromatic rings. The number of benzene rings is 1. The van der Waals surface area contributed by atoms with E-state index >= 15 is 0 Å². The average Bonchev–Trinajstić information content (AvgIpc) is 2.28. The van der Waals surface area contributed by atoms with Crippen molar-refractivity contribution < 1.29 is 22.7 Å². The summed E-state index contributed by atoms with van der Waals surface area (Å²) in [4.78, 5) is 11.4. The number of carbonyl (C=O) groups excluding carboxylic acids is 1. The van der Waals surface area contributed by atoms with Crippen LogP contribution in [0.15, 0.2) is 22.7 Å². The lowest BCUT2D eigenvalue weighted by molar-refractivity contribution is -0.213.